The Morgan fingerprint density at radius 1 is 1.38 bits per heavy atom. The lowest BCUT2D eigenvalue weighted by atomic mass is 10.3. The Kier molecular flexibility index (Phi) is 5.04. The van der Waals surface area contributed by atoms with Gasteiger partial charge in [-0.25, -0.2) is 9.97 Å². The predicted molar refractivity (Wildman–Crippen MR) is 83.8 cm³/mol. The van der Waals surface area contributed by atoms with Crippen LogP contribution >= 0.6 is 11.3 Å². The molecule has 21 heavy (non-hydrogen) atoms. The average molecular weight is 307 g/mol. The Morgan fingerprint density at radius 3 is 2.81 bits per heavy atom. The van der Waals surface area contributed by atoms with Crippen molar-refractivity contribution in [1.82, 2.24) is 9.97 Å². The Hall–Kier alpha value is -2.22. The summed E-state index contributed by atoms with van der Waals surface area (Å²) in [5.41, 5.74) is -0.0294. The molecule has 2 aromatic rings. The topological polar surface area (TPSA) is 93.0 Å². The Balaban J connectivity index is 2.15. The maximum absolute atomic E-state index is 11.1. The van der Waals surface area contributed by atoms with Crippen molar-refractivity contribution in [1.29, 1.82) is 0 Å². The molecular formula is C13H17N5O2S. The molecular weight excluding hydrogens is 290 g/mol. The number of aromatic nitrogens is 2. The van der Waals surface area contributed by atoms with Crippen molar-refractivity contribution in [2.24, 2.45) is 0 Å². The third-order valence-corrected chi connectivity index (χ3v) is 3.64. The van der Waals surface area contributed by atoms with Crippen LogP contribution in [-0.4, -0.2) is 21.4 Å². The van der Waals surface area contributed by atoms with Crippen LogP contribution in [0.5, 0.6) is 0 Å². The van der Waals surface area contributed by atoms with E-state index in [4.69, 9.17) is 0 Å². The van der Waals surface area contributed by atoms with Gasteiger partial charge in [0.25, 0.3) is 0 Å². The summed E-state index contributed by atoms with van der Waals surface area (Å²) in [5, 5.41) is 18.2. The van der Waals surface area contributed by atoms with Gasteiger partial charge in [0.15, 0.2) is 0 Å². The molecule has 112 valence electrons. The van der Waals surface area contributed by atoms with E-state index in [-0.39, 0.29) is 11.5 Å². The number of hydrogen-bond donors (Lipinski definition) is 2. The molecule has 0 aliphatic heterocycles. The normalized spacial score (nSPS) is 10.4. The van der Waals surface area contributed by atoms with Gasteiger partial charge in [0.05, 0.1) is 16.5 Å². The van der Waals surface area contributed by atoms with Crippen LogP contribution in [0.25, 0.3) is 0 Å². The third-order valence-electron chi connectivity index (χ3n) is 2.73. The number of thiazole rings is 1. The van der Waals surface area contributed by atoms with Crippen molar-refractivity contribution in [3.63, 3.8) is 0 Å². The number of pyridine rings is 1. The van der Waals surface area contributed by atoms with E-state index in [1.165, 1.54) is 6.07 Å². The lowest BCUT2D eigenvalue weighted by Crippen LogP contribution is -2.07. The molecule has 0 atom stereocenters. The summed E-state index contributed by atoms with van der Waals surface area (Å²) in [5.74, 6) is 0.901. The summed E-state index contributed by atoms with van der Waals surface area (Å²) in [4.78, 5) is 20.1. The van der Waals surface area contributed by atoms with E-state index < -0.39 is 4.92 Å². The van der Waals surface area contributed by atoms with Crippen LogP contribution in [0.15, 0.2) is 18.3 Å². The largest absolute Gasteiger partial charge is 0.370 e. The number of nitrogens with one attached hydrogen (secondary N) is 2. The summed E-state index contributed by atoms with van der Waals surface area (Å²) in [6, 6.07) is 3.08. The van der Waals surface area contributed by atoms with Crippen LogP contribution in [0, 0.1) is 17.0 Å². The van der Waals surface area contributed by atoms with Crippen LogP contribution in [0.2, 0.25) is 0 Å². The van der Waals surface area contributed by atoms with Gasteiger partial charge in [0, 0.05) is 23.7 Å². The van der Waals surface area contributed by atoms with Crippen molar-refractivity contribution in [3.05, 3.63) is 38.3 Å². The van der Waals surface area contributed by atoms with Gasteiger partial charge in [0.1, 0.15) is 5.82 Å². The quantitative estimate of drug-likeness (QED) is 0.603. The zero-order valence-electron chi connectivity index (χ0n) is 11.9. The summed E-state index contributed by atoms with van der Waals surface area (Å²) >= 11 is 1.55. The molecule has 0 unspecified atom stereocenters. The summed E-state index contributed by atoms with van der Waals surface area (Å²) in [6.07, 6.45) is 2.72. The van der Waals surface area contributed by atoms with Crippen LogP contribution < -0.4 is 10.6 Å². The SMILES string of the molecule is CCCNc1ccc([N+](=O)[O-])c(NCc2cnc(C)s2)n1. The van der Waals surface area contributed by atoms with Gasteiger partial charge in [0.2, 0.25) is 5.82 Å². The standard InChI is InChI=1S/C13H17N5O2S/c1-3-6-14-12-5-4-11(18(19)20)13(17-12)16-8-10-7-15-9(2)21-10/h4-5,7H,3,6,8H2,1-2H3,(H2,14,16,17). The highest BCUT2D eigenvalue weighted by Gasteiger charge is 2.16. The van der Waals surface area contributed by atoms with Crippen LogP contribution in [0.4, 0.5) is 17.3 Å². The zero-order chi connectivity index (χ0) is 15.2. The Labute approximate surface area is 126 Å². The van der Waals surface area contributed by atoms with Gasteiger partial charge >= 0.3 is 5.69 Å². The first-order valence-electron chi connectivity index (χ1n) is 6.64. The van der Waals surface area contributed by atoms with E-state index in [0.717, 1.165) is 22.9 Å². The number of hydrogen-bond acceptors (Lipinski definition) is 7. The fourth-order valence-electron chi connectivity index (χ4n) is 1.74. The highest BCUT2D eigenvalue weighted by atomic mass is 32.1. The Bertz CT molecular complexity index is 629. The molecule has 0 spiro atoms. The molecule has 2 N–H and O–H groups in total. The van der Waals surface area contributed by atoms with E-state index in [0.29, 0.717) is 12.4 Å². The van der Waals surface area contributed by atoms with Gasteiger partial charge in [-0.05, 0) is 19.4 Å². The zero-order valence-corrected chi connectivity index (χ0v) is 12.7. The second-order valence-electron chi connectivity index (χ2n) is 4.45. The van der Waals surface area contributed by atoms with E-state index in [1.807, 2.05) is 13.8 Å². The first-order valence-corrected chi connectivity index (χ1v) is 7.46. The summed E-state index contributed by atoms with van der Waals surface area (Å²) in [6.45, 7) is 5.21. The first-order chi connectivity index (χ1) is 10.1. The molecule has 2 heterocycles. The van der Waals surface area contributed by atoms with Crippen molar-refractivity contribution in [2.75, 3.05) is 17.2 Å². The highest BCUT2D eigenvalue weighted by molar-refractivity contribution is 7.11. The average Bonchev–Trinajstić information content (AvgIpc) is 2.88. The van der Waals surface area contributed by atoms with Gasteiger partial charge < -0.3 is 10.6 Å². The molecule has 2 aromatic heterocycles. The lowest BCUT2D eigenvalue weighted by Gasteiger charge is -2.08. The maximum atomic E-state index is 11.1. The van der Waals surface area contributed by atoms with Crippen LogP contribution in [0.3, 0.4) is 0 Å². The van der Waals surface area contributed by atoms with Crippen LogP contribution in [-0.2, 0) is 6.54 Å². The molecule has 0 amide bonds. The van der Waals surface area contributed by atoms with Crippen molar-refractivity contribution >= 4 is 28.7 Å². The van der Waals surface area contributed by atoms with Gasteiger partial charge in [-0.3, -0.25) is 10.1 Å². The van der Waals surface area contributed by atoms with Gasteiger partial charge in [-0.2, -0.15) is 0 Å². The number of nitrogens with zero attached hydrogens (tertiary/aromatic N) is 3. The molecule has 0 fully saturated rings. The minimum absolute atomic E-state index is 0.0294. The second-order valence-corrected chi connectivity index (χ2v) is 5.77. The van der Waals surface area contributed by atoms with Crippen molar-refractivity contribution < 1.29 is 4.92 Å². The van der Waals surface area contributed by atoms with E-state index in [1.54, 1.807) is 23.6 Å². The molecule has 0 saturated carbocycles. The van der Waals surface area contributed by atoms with Crippen LogP contribution in [0.1, 0.15) is 23.2 Å². The fourth-order valence-corrected chi connectivity index (χ4v) is 2.47. The minimum Gasteiger partial charge on any atom is -0.370 e. The van der Waals surface area contributed by atoms with E-state index in [2.05, 4.69) is 20.6 Å². The molecule has 2 rings (SSSR count). The molecule has 7 nitrogen and oxygen atoms in total. The number of anilines is 2. The molecule has 0 saturated heterocycles. The minimum atomic E-state index is -0.434. The number of nitro groups is 1. The second kappa shape index (κ2) is 6.98. The molecule has 0 bridgehead atoms. The summed E-state index contributed by atoms with van der Waals surface area (Å²) < 4.78 is 0. The smallest absolute Gasteiger partial charge is 0.311 e. The van der Waals surface area contributed by atoms with Gasteiger partial charge in [-0.1, -0.05) is 6.92 Å². The molecule has 0 radical (unpaired) electrons. The summed E-state index contributed by atoms with van der Waals surface area (Å²) in [7, 11) is 0. The first kappa shape index (κ1) is 15.2. The molecule has 0 aliphatic carbocycles. The number of rotatable bonds is 7. The van der Waals surface area contributed by atoms with E-state index >= 15 is 0 Å². The number of aryl methyl sites for hydroxylation is 1. The maximum Gasteiger partial charge on any atom is 0.311 e. The molecule has 0 aliphatic rings. The predicted octanol–water partition coefficient (Wildman–Crippen LogP) is 3.19. The van der Waals surface area contributed by atoms with E-state index in [9.17, 15) is 10.1 Å². The van der Waals surface area contributed by atoms with Gasteiger partial charge in [-0.15, -0.1) is 11.3 Å². The third kappa shape index (κ3) is 4.12. The monoisotopic (exact) mass is 307 g/mol. The highest BCUT2D eigenvalue weighted by Crippen LogP contribution is 2.25. The van der Waals surface area contributed by atoms with Crippen molar-refractivity contribution in [3.8, 4) is 0 Å². The molecule has 0 aromatic carbocycles. The Morgan fingerprint density at radius 2 is 2.19 bits per heavy atom. The molecule has 8 heteroatoms. The lowest BCUT2D eigenvalue weighted by molar-refractivity contribution is -0.384. The fraction of sp³-hybridized carbons (Fsp3) is 0.385. The van der Waals surface area contributed by atoms with Crippen molar-refractivity contribution in [2.45, 2.75) is 26.8 Å².